The van der Waals surface area contributed by atoms with Crippen LogP contribution in [0.5, 0.6) is 5.75 Å². The molecule has 3 aromatic heterocycles. The van der Waals surface area contributed by atoms with Crippen LogP contribution in [-0.2, 0) is 11.2 Å². The molecule has 0 spiro atoms. The number of nitrogens with two attached hydrogens (primary N) is 1. The van der Waals surface area contributed by atoms with Gasteiger partial charge in [0.25, 0.3) is 5.91 Å². The number of amides is 1. The van der Waals surface area contributed by atoms with Crippen molar-refractivity contribution in [2.24, 2.45) is 0 Å². The van der Waals surface area contributed by atoms with Crippen molar-refractivity contribution in [1.29, 1.82) is 0 Å². The maximum absolute atomic E-state index is 13.7. The predicted molar refractivity (Wildman–Crippen MR) is 118 cm³/mol. The monoisotopic (exact) mass is 484 g/mol. The Labute approximate surface area is 196 Å². The lowest BCUT2D eigenvalue weighted by molar-refractivity contribution is -0.274. The summed E-state index contributed by atoms with van der Waals surface area (Å²) in [6.45, 7) is 2.16. The molecule has 4 aromatic rings. The van der Waals surface area contributed by atoms with E-state index in [2.05, 4.69) is 19.7 Å². The standard InChI is InChI=1S/C23H19F3N6O3/c1-11-9-31(20-14-3-2-13(35-23(24,25)26)4-12(14)5-19(20)34-11)22(33)15-6-17-16(7-29-15)30-21(27)18-8-28-10-32(17)18/h2-4,6-8,10-11,19-20H,5,9H2,1H3,(H2,27,30)/t11-,19+,20-/m0/s1. The van der Waals surface area contributed by atoms with Gasteiger partial charge in [0, 0.05) is 13.0 Å². The lowest BCUT2D eigenvalue weighted by Gasteiger charge is -2.41. The summed E-state index contributed by atoms with van der Waals surface area (Å²) in [5.74, 6) is -0.309. The molecule has 0 saturated carbocycles. The van der Waals surface area contributed by atoms with Crippen LogP contribution in [0.2, 0.25) is 0 Å². The lowest BCUT2D eigenvalue weighted by Crippen LogP contribution is -2.50. The lowest BCUT2D eigenvalue weighted by atomic mass is 10.0. The van der Waals surface area contributed by atoms with Gasteiger partial charge in [0.05, 0.1) is 42.5 Å². The average Bonchev–Trinajstić information content (AvgIpc) is 3.42. The maximum Gasteiger partial charge on any atom is 0.573 e. The van der Waals surface area contributed by atoms with Crippen LogP contribution < -0.4 is 10.5 Å². The van der Waals surface area contributed by atoms with E-state index in [1.807, 2.05) is 6.92 Å². The van der Waals surface area contributed by atoms with E-state index in [1.165, 1.54) is 18.3 Å². The molecule has 0 radical (unpaired) electrons. The molecule has 0 unspecified atom stereocenters. The van der Waals surface area contributed by atoms with E-state index >= 15 is 0 Å². The third kappa shape index (κ3) is 3.60. The zero-order valence-electron chi connectivity index (χ0n) is 18.4. The number of carbonyl (C=O) groups excluding carboxylic acids is 1. The topological polar surface area (TPSA) is 108 Å². The number of alkyl halides is 3. The first kappa shape index (κ1) is 21.6. The van der Waals surface area contributed by atoms with Crippen LogP contribution in [0.1, 0.15) is 34.6 Å². The zero-order chi connectivity index (χ0) is 24.5. The smallest absolute Gasteiger partial charge is 0.406 e. The number of hydrogen-bond donors (Lipinski definition) is 1. The van der Waals surface area contributed by atoms with Crippen molar-refractivity contribution in [1.82, 2.24) is 24.3 Å². The summed E-state index contributed by atoms with van der Waals surface area (Å²) in [7, 11) is 0. The van der Waals surface area contributed by atoms with Crippen molar-refractivity contribution in [3.05, 3.63) is 59.8 Å². The summed E-state index contributed by atoms with van der Waals surface area (Å²) in [6.07, 6.45) is -0.400. The molecule has 6 rings (SSSR count). The van der Waals surface area contributed by atoms with Gasteiger partial charge >= 0.3 is 6.36 Å². The molecule has 2 aliphatic rings. The highest BCUT2D eigenvalue weighted by Crippen LogP contribution is 2.43. The molecule has 1 aliphatic carbocycles. The van der Waals surface area contributed by atoms with E-state index in [0.29, 0.717) is 40.9 Å². The van der Waals surface area contributed by atoms with E-state index in [0.717, 1.165) is 5.56 Å². The number of nitrogen functional groups attached to an aromatic ring is 1. The summed E-state index contributed by atoms with van der Waals surface area (Å²) in [5.41, 5.74) is 9.33. The predicted octanol–water partition coefficient (Wildman–Crippen LogP) is 3.29. The van der Waals surface area contributed by atoms with Crippen molar-refractivity contribution < 1.29 is 27.4 Å². The molecule has 3 atom stereocenters. The Morgan fingerprint density at radius 1 is 1.23 bits per heavy atom. The van der Waals surface area contributed by atoms with Crippen molar-refractivity contribution in [3.8, 4) is 5.75 Å². The molecule has 35 heavy (non-hydrogen) atoms. The number of carbonyl (C=O) groups is 1. The minimum Gasteiger partial charge on any atom is -0.406 e. The van der Waals surface area contributed by atoms with Gasteiger partial charge in [-0.05, 0) is 36.2 Å². The van der Waals surface area contributed by atoms with Crippen LogP contribution in [0.3, 0.4) is 0 Å². The number of pyridine rings is 1. The Morgan fingerprint density at radius 2 is 2.06 bits per heavy atom. The van der Waals surface area contributed by atoms with E-state index in [1.54, 1.807) is 34.0 Å². The Bertz CT molecular complexity index is 1490. The first-order chi connectivity index (χ1) is 16.7. The molecule has 1 aliphatic heterocycles. The van der Waals surface area contributed by atoms with E-state index in [4.69, 9.17) is 10.5 Å². The van der Waals surface area contributed by atoms with Gasteiger partial charge in [-0.3, -0.25) is 9.20 Å². The highest BCUT2D eigenvalue weighted by atomic mass is 19.4. The molecule has 12 heteroatoms. The molecule has 9 nitrogen and oxygen atoms in total. The van der Waals surface area contributed by atoms with Gasteiger partial charge in [-0.25, -0.2) is 15.0 Å². The number of nitrogens with zero attached hydrogens (tertiary/aromatic N) is 5. The van der Waals surface area contributed by atoms with Gasteiger partial charge in [0.1, 0.15) is 28.3 Å². The van der Waals surface area contributed by atoms with E-state index in [-0.39, 0.29) is 29.6 Å². The molecule has 1 aromatic carbocycles. The van der Waals surface area contributed by atoms with Gasteiger partial charge in [0.15, 0.2) is 0 Å². The second kappa shape index (κ2) is 7.54. The van der Waals surface area contributed by atoms with Crippen molar-refractivity contribution >= 4 is 28.3 Å². The highest BCUT2D eigenvalue weighted by Gasteiger charge is 2.45. The summed E-state index contributed by atoms with van der Waals surface area (Å²) >= 11 is 0. The number of rotatable bonds is 2. The number of aromatic nitrogens is 4. The number of imidazole rings is 1. The summed E-state index contributed by atoms with van der Waals surface area (Å²) < 4.78 is 49.9. The van der Waals surface area contributed by atoms with Crippen LogP contribution in [0.15, 0.2) is 43.0 Å². The van der Waals surface area contributed by atoms with E-state index in [9.17, 15) is 18.0 Å². The van der Waals surface area contributed by atoms with Crippen LogP contribution in [0, 0.1) is 0 Å². The number of morpholine rings is 1. The Hall–Kier alpha value is -3.93. The third-order valence-electron chi connectivity index (χ3n) is 6.38. The molecule has 2 N–H and O–H groups in total. The molecular weight excluding hydrogens is 465 g/mol. The van der Waals surface area contributed by atoms with Crippen molar-refractivity contribution in [2.45, 2.75) is 38.0 Å². The summed E-state index contributed by atoms with van der Waals surface area (Å²) in [6, 6.07) is 5.37. The van der Waals surface area contributed by atoms with E-state index < -0.39 is 12.4 Å². The van der Waals surface area contributed by atoms with Gasteiger partial charge in [-0.1, -0.05) is 6.07 Å². The average molecular weight is 484 g/mol. The number of anilines is 1. The molecule has 0 bridgehead atoms. The molecule has 1 saturated heterocycles. The maximum atomic E-state index is 13.7. The van der Waals surface area contributed by atoms with Crippen molar-refractivity contribution in [3.63, 3.8) is 0 Å². The van der Waals surface area contributed by atoms with Crippen molar-refractivity contribution in [2.75, 3.05) is 12.3 Å². The zero-order valence-corrected chi connectivity index (χ0v) is 18.4. The number of halogens is 3. The van der Waals surface area contributed by atoms with Crippen LogP contribution in [0.4, 0.5) is 19.0 Å². The molecule has 1 amide bonds. The highest BCUT2D eigenvalue weighted by molar-refractivity contribution is 5.96. The fourth-order valence-electron chi connectivity index (χ4n) is 5.05. The second-order valence-corrected chi connectivity index (χ2v) is 8.70. The number of benzene rings is 1. The normalized spacial score (nSPS) is 21.8. The van der Waals surface area contributed by atoms with Gasteiger partial charge in [0.2, 0.25) is 0 Å². The third-order valence-corrected chi connectivity index (χ3v) is 6.38. The number of hydrogen-bond acceptors (Lipinski definition) is 7. The Kier molecular flexibility index (Phi) is 4.65. The summed E-state index contributed by atoms with van der Waals surface area (Å²) in [4.78, 5) is 28.2. The first-order valence-corrected chi connectivity index (χ1v) is 10.9. The van der Waals surface area contributed by atoms with Crippen LogP contribution in [0.25, 0.3) is 16.6 Å². The minimum atomic E-state index is -4.78. The van der Waals surface area contributed by atoms with Gasteiger partial charge in [-0.2, -0.15) is 0 Å². The fraction of sp³-hybridized carbons (Fsp3) is 0.304. The SMILES string of the molecule is C[C@H]1CN(C(=O)c2cc3c(cn2)nc(N)c2cncn23)[C@H]2c3ccc(OC(F)(F)F)cc3C[C@H]2O1. The molecule has 4 heterocycles. The van der Waals surface area contributed by atoms with Gasteiger partial charge in [-0.15, -0.1) is 13.2 Å². The second-order valence-electron chi connectivity index (χ2n) is 8.70. The molecule has 180 valence electrons. The number of ether oxygens (including phenoxy) is 2. The van der Waals surface area contributed by atoms with Crippen LogP contribution >= 0.6 is 0 Å². The first-order valence-electron chi connectivity index (χ1n) is 10.9. The minimum absolute atomic E-state index is 0.206. The summed E-state index contributed by atoms with van der Waals surface area (Å²) in [5, 5.41) is 0. The van der Waals surface area contributed by atoms with Gasteiger partial charge < -0.3 is 20.1 Å². The Morgan fingerprint density at radius 3 is 2.86 bits per heavy atom. The Balaban J connectivity index is 1.38. The molecular formula is C23H19F3N6O3. The van der Waals surface area contributed by atoms with Crippen LogP contribution in [-0.4, -0.2) is 55.3 Å². The fourth-order valence-corrected chi connectivity index (χ4v) is 5.05. The largest absolute Gasteiger partial charge is 0.573 e. The number of fused-ring (bicyclic) bond motifs is 6. The molecule has 1 fully saturated rings. The quantitative estimate of drug-likeness (QED) is 0.465.